The second kappa shape index (κ2) is 3.94. The highest BCUT2D eigenvalue weighted by molar-refractivity contribution is 5.69. The van der Waals surface area contributed by atoms with Crippen molar-refractivity contribution in [3.63, 3.8) is 0 Å². The predicted octanol–water partition coefficient (Wildman–Crippen LogP) is -0.244. The van der Waals surface area contributed by atoms with Gasteiger partial charge in [-0.2, -0.15) is 5.10 Å². The number of aromatic amines is 2. The number of aromatic nitrogens is 6. The standard InChI is InChI=1S/C11H12N6O2/c1-6(17-5-3-4-12-17)8-13-7-9(14-8)16(2)11(19)15-10(7)18/h3-6H,1-2H3,(H,13,14)(H,15,18,19). The van der Waals surface area contributed by atoms with Crippen LogP contribution in [0.2, 0.25) is 0 Å². The third kappa shape index (κ3) is 1.68. The van der Waals surface area contributed by atoms with Gasteiger partial charge in [-0.25, -0.2) is 9.78 Å². The first-order valence-corrected chi connectivity index (χ1v) is 5.76. The van der Waals surface area contributed by atoms with Gasteiger partial charge in [0.1, 0.15) is 17.4 Å². The Bertz CT molecular complexity index is 838. The highest BCUT2D eigenvalue weighted by Crippen LogP contribution is 2.15. The Balaban J connectivity index is 2.23. The highest BCUT2D eigenvalue weighted by Gasteiger charge is 2.16. The van der Waals surface area contributed by atoms with E-state index in [2.05, 4.69) is 20.1 Å². The molecule has 3 aromatic heterocycles. The van der Waals surface area contributed by atoms with Crippen molar-refractivity contribution in [2.24, 2.45) is 7.05 Å². The highest BCUT2D eigenvalue weighted by atomic mass is 16.2. The molecule has 0 amide bonds. The Hall–Kier alpha value is -2.64. The number of rotatable bonds is 2. The van der Waals surface area contributed by atoms with E-state index >= 15 is 0 Å². The van der Waals surface area contributed by atoms with E-state index in [1.54, 1.807) is 24.1 Å². The molecular weight excluding hydrogens is 248 g/mol. The minimum Gasteiger partial charge on any atom is -0.334 e. The molecule has 0 radical (unpaired) electrons. The summed E-state index contributed by atoms with van der Waals surface area (Å²) >= 11 is 0. The lowest BCUT2D eigenvalue weighted by Gasteiger charge is -2.07. The SMILES string of the molecule is CC(c1nc2c([nH]1)c(=O)[nH]c(=O)n2C)n1cccn1. The number of H-pyrrole nitrogens is 2. The molecule has 3 heterocycles. The zero-order valence-electron chi connectivity index (χ0n) is 10.4. The van der Waals surface area contributed by atoms with E-state index in [0.29, 0.717) is 11.5 Å². The molecule has 98 valence electrons. The van der Waals surface area contributed by atoms with Crippen molar-refractivity contribution < 1.29 is 0 Å². The van der Waals surface area contributed by atoms with Crippen LogP contribution in [0, 0.1) is 0 Å². The number of nitrogens with zero attached hydrogens (tertiary/aromatic N) is 4. The zero-order valence-corrected chi connectivity index (χ0v) is 10.4. The smallest absolute Gasteiger partial charge is 0.329 e. The molecule has 0 fully saturated rings. The van der Waals surface area contributed by atoms with Gasteiger partial charge in [-0.3, -0.25) is 19.0 Å². The van der Waals surface area contributed by atoms with Crippen LogP contribution in [0.25, 0.3) is 11.2 Å². The van der Waals surface area contributed by atoms with Gasteiger partial charge < -0.3 is 4.98 Å². The Morgan fingerprint density at radius 2 is 2.11 bits per heavy atom. The molecular formula is C11H12N6O2. The van der Waals surface area contributed by atoms with Crippen molar-refractivity contribution in [2.45, 2.75) is 13.0 Å². The molecule has 1 atom stereocenters. The van der Waals surface area contributed by atoms with Crippen LogP contribution in [0.5, 0.6) is 0 Å². The molecule has 2 N–H and O–H groups in total. The normalized spacial score (nSPS) is 12.9. The average Bonchev–Trinajstić information content (AvgIpc) is 3.04. The maximum absolute atomic E-state index is 11.7. The summed E-state index contributed by atoms with van der Waals surface area (Å²) in [5.74, 6) is 0.574. The van der Waals surface area contributed by atoms with Crippen LogP contribution in [0.3, 0.4) is 0 Å². The van der Waals surface area contributed by atoms with Gasteiger partial charge in [-0.15, -0.1) is 0 Å². The van der Waals surface area contributed by atoms with Crippen LogP contribution in [0.15, 0.2) is 28.0 Å². The summed E-state index contributed by atoms with van der Waals surface area (Å²) in [6.45, 7) is 1.90. The molecule has 0 aromatic carbocycles. The Morgan fingerprint density at radius 3 is 2.79 bits per heavy atom. The van der Waals surface area contributed by atoms with E-state index in [0.717, 1.165) is 0 Å². The maximum atomic E-state index is 11.7. The van der Waals surface area contributed by atoms with Crippen molar-refractivity contribution >= 4 is 11.2 Å². The van der Waals surface area contributed by atoms with Crippen molar-refractivity contribution in [3.8, 4) is 0 Å². The molecule has 0 aliphatic carbocycles. The minimum absolute atomic E-state index is 0.156. The number of aryl methyl sites for hydroxylation is 1. The number of fused-ring (bicyclic) bond motifs is 1. The van der Waals surface area contributed by atoms with E-state index in [1.807, 2.05) is 13.0 Å². The van der Waals surface area contributed by atoms with Crippen molar-refractivity contribution in [2.75, 3.05) is 0 Å². The monoisotopic (exact) mass is 260 g/mol. The third-order valence-corrected chi connectivity index (χ3v) is 3.09. The summed E-state index contributed by atoms with van der Waals surface area (Å²) in [5, 5.41) is 4.13. The molecule has 0 saturated heterocycles. The first kappa shape index (κ1) is 11.5. The van der Waals surface area contributed by atoms with E-state index < -0.39 is 11.2 Å². The Morgan fingerprint density at radius 1 is 1.32 bits per heavy atom. The molecule has 19 heavy (non-hydrogen) atoms. The fraction of sp³-hybridized carbons (Fsp3) is 0.273. The summed E-state index contributed by atoms with van der Waals surface area (Å²) in [6, 6.07) is 1.65. The van der Waals surface area contributed by atoms with Crippen LogP contribution in [0.4, 0.5) is 0 Å². The minimum atomic E-state index is -0.484. The van der Waals surface area contributed by atoms with E-state index in [-0.39, 0.29) is 11.6 Å². The number of hydrogen-bond donors (Lipinski definition) is 2. The van der Waals surface area contributed by atoms with Crippen molar-refractivity contribution in [1.29, 1.82) is 0 Å². The van der Waals surface area contributed by atoms with Gasteiger partial charge >= 0.3 is 5.69 Å². The van der Waals surface area contributed by atoms with Crippen LogP contribution < -0.4 is 11.2 Å². The van der Waals surface area contributed by atoms with Gasteiger partial charge in [0, 0.05) is 19.4 Å². The van der Waals surface area contributed by atoms with Gasteiger partial charge in [-0.05, 0) is 13.0 Å². The topological polar surface area (TPSA) is 101 Å². The number of imidazole rings is 1. The van der Waals surface area contributed by atoms with Crippen LogP contribution >= 0.6 is 0 Å². The molecule has 0 aliphatic heterocycles. The third-order valence-electron chi connectivity index (χ3n) is 3.09. The van der Waals surface area contributed by atoms with E-state index in [9.17, 15) is 9.59 Å². The summed E-state index contributed by atoms with van der Waals surface area (Å²) in [6.07, 6.45) is 3.48. The summed E-state index contributed by atoms with van der Waals surface area (Å²) < 4.78 is 3.01. The lowest BCUT2D eigenvalue weighted by molar-refractivity contribution is 0.542. The maximum Gasteiger partial charge on any atom is 0.329 e. The first-order valence-electron chi connectivity index (χ1n) is 5.76. The molecule has 3 aromatic rings. The molecule has 1 unspecified atom stereocenters. The second-order valence-corrected chi connectivity index (χ2v) is 4.30. The molecule has 3 rings (SSSR count). The predicted molar refractivity (Wildman–Crippen MR) is 68.0 cm³/mol. The average molecular weight is 260 g/mol. The first-order chi connectivity index (χ1) is 9.08. The van der Waals surface area contributed by atoms with Gasteiger partial charge in [0.15, 0.2) is 5.65 Å². The van der Waals surface area contributed by atoms with Crippen molar-refractivity contribution in [3.05, 3.63) is 45.1 Å². The van der Waals surface area contributed by atoms with Crippen LogP contribution in [-0.4, -0.2) is 29.3 Å². The fourth-order valence-electron chi connectivity index (χ4n) is 1.96. The molecule has 0 spiro atoms. The number of nitrogens with one attached hydrogen (secondary N) is 2. The van der Waals surface area contributed by atoms with Gasteiger partial charge in [0.05, 0.1) is 0 Å². The summed E-state index contributed by atoms with van der Waals surface area (Å²) in [5.41, 5.74) is -0.328. The summed E-state index contributed by atoms with van der Waals surface area (Å²) in [4.78, 5) is 32.7. The fourth-order valence-corrected chi connectivity index (χ4v) is 1.96. The van der Waals surface area contributed by atoms with Gasteiger partial charge in [0.25, 0.3) is 5.56 Å². The molecule has 8 heteroatoms. The Kier molecular flexibility index (Phi) is 2.37. The number of hydrogen-bond acceptors (Lipinski definition) is 4. The van der Waals surface area contributed by atoms with Gasteiger partial charge in [-0.1, -0.05) is 0 Å². The lowest BCUT2D eigenvalue weighted by atomic mass is 10.3. The quantitative estimate of drug-likeness (QED) is 0.663. The Labute approximate surface area is 106 Å². The van der Waals surface area contributed by atoms with E-state index in [4.69, 9.17) is 0 Å². The zero-order chi connectivity index (χ0) is 13.6. The molecule has 8 nitrogen and oxygen atoms in total. The molecule has 0 saturated carbocycles. The van der Waals surface area contributed by atoms with Crippen molar-refractivity contribution in [1.82, 2.24) is 29.3 Å². The van der Waals surface area contributed by atoms with Crippen LogP contribution in [-0.2, 0) is 7.05 Å². The second-order valence-electron chi connectivity index (χ2n) is 4.30. The lowest BCUT2D eigenvalue weighted by Crippen LogP contribution is -2.28. The van der Waals surface area contributed by atoms with Crippen LogP contribution in [0.1, 0.15) is 18.8 Å². The van der Waals surface area contributed by atoms with Gasteiger partial charge in [0.2, 0.25) is 0 Å². The molecule has 0 aliphatic rings. The summed E-state index contributed by atoms with van der Waals surface area (Å²) in [7, 11) is 1.56. The molecule has 0 bridgehead atoms. The van der Waals surface area contributed by atoms with E-state index in [1.165, 1.54) is 4.57 Å². The largest absolute Gasteiger partial charge is 0.334 e.